The molecular formula is C7H6. The van der Waals surface area contributed by atoms with Crippen molar-refractivity contribution in [3.8, 4) is 0 Å². The first kappa shape index (κ1) is 4.38. The van der Waals surface area contributed by atoms with Crippen LogP contribution in [0.3, 0.4) is 0 Å². The van der Waals surface area contributed by atoms with Gasteiger partial charge in [-0.3, -0.25) is 0 Å². The van der Waals surface area contributed by atoms with E-state index in [9.17, 15) is 0 Å². The van der Waals surface area contributed by atoms with E-state index in [1.54, 1.807) is 0 Å². The van der Waals surface area contributed by atoms with Crippen LogP contribution < -0.4 is 0 Å². The molecule has 0 aromatic heterocycles. The highest BCUT2D eigenvalue weighted by Gasteiger charge is 1.72. The zero-order valence-corrected chi connectivity index (χ0v) is 4.02. The molecule has 0 aliphatic rings. The predicted octanol–water partition coefficient (Wildman–Crippen LogP) is 1.67. The molecule has 7 heavy (non-hydrogen) atoms. The Morgan fingerprint density at radius 2 is 2.43 bits per heavy atom. The Morgan fingerprint density at radius 3 is 2.71 bits per heavy atom. The van der Waals surface area contributed by atoms with Gasteiger partial charge in [-0.2, -0.15) is 0 Å². The summed E-state index contributed by atoms with van der Waals surface area (Å²) in [5.41, 5.74) is 1.02. The van der Waals surface area contributed by atoms with E-state index in [1.165, 1.54) is 0 Å². The highest BCUT2D eigenvalue weighted by molar-refractivity contribution is 5.15. The second-order valence-electron chi connectivity index (χ2n) is 1.41. The third-order valence-corrected chi connectivity index (χ3v) is 0.771. The normalized spacial score (nSPS) is 8.71. The number of hydrogen-bond acceptors (Lipinski definition) is 0. The van der Waals surface area contributed by atoms with Crippen molar-refractivity contribution >= 4 is 0 Å². The van der Waals surface area contributed by atoms with E-state index < -0.39 is 0 Å². The van der Waals surface area contributed by atoms with Crippen LogP contribution in [0.5, 0.6) is 0 Å². The summed E-state index contributed by atoms with van der Waals surface area (Å²) in [4.78, 5) is 0. The van der Waals surface area contributed by atoms with Crippen molar-refractivity contribution in [2.75, 3.05) is 0 Å². The predicted molar refractivity (Wildman–Crippen MR) is 29.7 cm³/mol. The quantitative estimate of drug-likeness (QED) is 0.454. The highest BCUT2D eigenvalue weighted by atomic mass is 13.8. The standard InChI is InChI=1S/C7H6/c1-7-5-3-2-4-6-7/h2-3,5-6H,1H2. The Labute approximate surface area is 43.8 Å². The van der Waals surface area contributed by atoms with Gasteiger partial charge in [0.2, 0.25) is 0 Å². The van der Waals surface area contributed by atoms with Gasteiger partial charge in [-0.25, -0.2) is 0 Å². The van der Waals surface area contributed by atoms with Gasteiger partial charge in [-0.15, -0.1) is 0 Å². The van der Waals surface area contributed by atoms with Gasteiger partial charge < -0.3 is 0 Å². The molecular weight excluding hydrogens is 84.1 g/mol. The molecule has 0 unspecified atom stereocenters. The van der Waals surface area contributed by atoms with Gasteiger partial charge in [0.25, 0.3) is 0 Å². The average molecular weight is 90.1 g/mol. The van der Waals surface area contributed by atoms with Crippen molar-refractivity contribution < 1.29 is 0 Å². The van der Waals surface area contributed by atoms with Crippen LogP contribution in [0.25, 0.3) is 0 Å². The first-order valence-electron chi connectivity index (χ1n) is 2.17. The van der Waals surface area contributed by atoms with E-state index in [4.69, 9.17) is 0 Å². The maximum Gasteiger partial charge on any atom is -0.0181 e. The number of hydrogen-bond donors (Lipinski definition) is 0. The van der Waals surface area contributed by atoms with Crippen molar-refractivity contribution in [2.24, 2.45) is 0 Å². The Balaban J connectivity index is 3.02. The van der Waals surface area contributed by atoms with Crippen LogP contribution in [-0.4, -0.2) is 0 Å². The summed E-state index contributed by atoms with van der Waals surface area (Å²) in [7, 11) is 0. The summed E-state index contributed by atoms with van der Waals surface area (Å²) >= 11 is 0. The molecule has 0 spiro atoms. The fourth-order valence-electron chi connectivity index (χ4n) is 0.431. The van der Waals surface area contributed by atoms with Crippen LogP contribution in [0.2, 0.25) is 0 Å². The SMILES string of the molecule is [CH2]c1c[c]ccc1. The summed E-state index contributed by atoms with van der Waals surface area (Å²) in [6.07, 6.45) is 0. The average Bonchev–Trinajstić information content (AvgIpc) is 1.69. The van der Waals surface area contributed by atoms with E-state index in [0.717, 1.165) is 5.56 Å². The summed E-state index contributed by atoms with van der Waals surface area (Å²) in [5.74, 6) is 0. The molecule has 0 fully saturated rings. The van der Waals surface area contributed by atoms with Gasteiger partial charge in [-0.05, 0) is 18.6 Å². The molecule has 2 radical (unpaired) electrons. The van der Waals surface area contributed by atoms with Crippen LogP contribution in [-0.2, 0) is 0 Å². The second-order valence-corrected chi connectivity index (χ2v) is 1.41. The largest absolute Gasteiger partial charge is 0.0614 e. The first-order valence-corrected chi connectivity index (χ1v) is 2.17. The minimum atomic E-state index is 1.02. The van der Waals surface area contributed by atoms with Gasteiger partial charge in [0.05, 0.1) is 0 Å². The van der Waals surface area contributed by atoms with E-state index in [1.807, 2.05) is 24.3 Å². The van der Waals surface area contributed by atoms with Crippen LogP contribution in [0, 0.1) is 13.0 Å². The molecule has 1 aromatic rings. The first-order chi connectivity index (χ1) is 3.39. The lowest BCUT2D eigenvalue weighted by Gasteiger charge is -1.81. The van der Waals surface area contributed by atoms with Crippen molar-refractivity contribution in [1.29, 1.82) is 0 Å². The third-order valence-electron chi connectivity index (χ3n) is 0.771. The van der Waals surface area contributed by atoms with E-state index in [0.29, 0.717) is 0 Å². The molecule has 1 aromatic carbocycles. The molecule has 0 nitrogen and oxygen atoms in total. The van der Waals surface area contributed by atoms with Crippen molar-refractivity contribution in [3.63, 3.8) is 0 Å². The van der Waals surface area contributed by atoms with E-state index >= 15 is 0 Å². The van der Waals surface area contributed by atoms with Gasteiger partial charge in [0, 0.05) is 0 Å². The van der Waals surface area contributed by atoms with Crippen molar-refractivity contribution in [3.05, 3.63) is 42.8 Å². The lowest BCUT2D eigenvalue weighted by atomic mass is 10.2. The Kier molecular flexibility index (Phi) is 1.12. The van der Waals surface area contributed by atoms with Crippen molar-refractivity contribution in [2.45, 2.75) is 0 Å². The van der Waals surface area contributed by atoms with Crippen LogP contribution in [0.1, 0.15) is 5.56 Å². The molecule has 0 saturated carbocycles. The molecule has 0 aliphatic carbocycles. The fourth-order valence-corrected chi connectivity index (χ4v) is 0.431. The zero-order chi connectivity index (χ0) is 5.11. The molecule has 0 heterocycles. The van der Waals surface area contributed by atoms with Gasteiger partial charge in [-0.1, -0.05) is 24.3 Å². The topological polar surface area (TPSA) is 0 Å². The Hall–Kier alpha value is -0.780. The fraction of sp³-hybridized carbons (Fsp3) is 0. The number of rotatable bonds is 0. The molecule has 0 saturated heterocycles. The van der Waals surface area contributed by atoms with Gasteiger partial charge in [0.15, 0.2) is 0 Å². The maximum absolute atomic E-state index is 3.69. The molecule has 0 amide bonds. The minimum absolute atomic E-state index is 1.02. The lowest BCUT2D eigenvalue weighted by Crippen LogP contribution is -1.63. The lowest BCUT2D eigenvalue weighted by molar-refractivity contribution is 1.60. The number of benzene rings is 1. The molecule has 0 atom stereocenters. The second kappa shape index (κ2) is 1.78. The van der Waals surface area contributed by atoms with Crippen molar-refractivity contribution in [1.82, 2.24) is 0 Å². The molecule has 1 rings (SSSR count). The monoisotopic (exact) mass is 90.0 g/mol. The summed E-state index contributed by atoms with van der Waals surface area (Å²) in [5, 5.41) is 0. The maximum atomic E-state index is 3.69. The molecule has 0 bridgehead atoms. The summed E-state index contributed by atoms with van der Waals surface area (Å²) in [6.45, 7) is 3.69. The summed E-state index contributed by atoms with van der Waals surface area (Å²) < 4.78 is 0. The van der Waals surface area contributed by atoms with Gasteiger partial charge >= 0.3 is 0 Å². The minimum Gasteiger partial charge on any atom is -0.0614 e. The smallest absolute Gasteiger partial charge is 0.0181 e. The molecule has 0 N–H and O–H groups in total. The highest BCUT2D eigenvalue weighted by Crippen LogP contribution is 1.91. The van der Waals surface area contributed by atoms with Crippen LogP contribution >= 0.6 is 0 Å². The third kappa shape index (κ3) is 1.04. The summed E-state index contributed by atoms with van der Waals surface area (Å²) in [6, 6.07) is 10.5. The molecule has 0 heteroatoms. The van der Waals surface area contributed by atoms with Crippen LogP contribution in [0.15, 0.2) is 24.3 Å². The van der Waals surface area contributed by atoms with E-state index in [-0.39, 0.29) is 0 Å². The molecule has 34 valence electrons. The Morgan fingerprint density at radius 1 is 1.57 bits per heavy atom. The zero-order valence-electron chi connectivity index (χ0n) is 4.02. The van der Waals surface area contributed by atoms with E-state index in [2.05, 4.69) is 13.0 Å². The van der Waals surface area contributed by atoms with Crippen LogP contribution in [0.4, 0.5) is 0 Å². The Bertz CT molecular complexity index is 130. The van der Waals surface area contributed by atoms with Gasteiger partial charge in [0.1, 0.15) is 0 Å². The molecule has 0 aliphatic heterocycles.